The Bertz CT molecular complexity index is 808. The molecule has 2 aliphatic rings. The molecule has 4 atom stereocenters. The lowest BCUT2D eigenvalue weighted by molar-refractivity contribution is -0.142. The van der Waals surface area contributed by atoms with Crippen LogP contribution < -0.4 is 10.1 Å². The number of hydrogen-bond acceptors (Lipinski definition) is 4. The minimum absolute atomic E-state index is 0.0867. The lowest BCUT2D eigenvalue weighted by Gasteiger charge is -2.17. The minimum atomic E-state index is -0.763. The van der Waals surface area contributed by atoms with Crippen molar-refractivity contribution in [1.29, 1.82) is 0 Å². The predicted octanol–water partition coefficient (Wildman–Crippen LogP) is 2.71. The number of benzene rings is 1. The zero-order valence-electron chi connectivity index (χ0n) is 13.5. The van der Waals surface area contributed by atoms with Gasteiger partial charge in [0.05, 0.1) is 17.7 Å². The number of carboxylic acid groups (broad SMARTS) is 1. The molecular weight excluding hydrogens is 320 g/mol. The molecule has 2 aromatic rings. The molecule has 1 amide bonds. The van der Waals surface area contributed by atoms with Gasteiger partial charge in [0.2, 0.25) is 0 Å². The van der Waals surface area contributed by atoms with Gasteiger partial charge in [0.15, 0.2) is 5.75 Å². The maximum Gasteiger partial charge on any atom is 0.306 e. The van der Waals surface area contributed by atoms with Crippen LogP contribution in [0.3, 0.4) is 0 Å². The van der Waals surface area contributed by atoms with Crippen LogP contribution in [0.2, 0.25) is 0 Å². The average molecular weight is 338 g/mol. The van der Waals surface area contributed by atoms with Gasteiger partial charge in [-0.1, -0.05) is 18.2 Å². The first-order valence-corrected chi connectivity index (χ1v) is 8.34. The van der Waals surface area contributed by atoms with Crippen LogP contribution in [-0.4, -0.2) is 28.0 Å². The normalized spacial score (nSPS) is 26.6. The van der Waals surface area contributed by atoms with Crippen LogP contribution in [0.4, 0.5) is 0 Å². The van der Waals surface area contributed by atoms with Gasteiger partial charge in [0, 0.05) is 12.2 Å². The molecule has 128 valence electrons. The fraction of sp³-hybridized carbons (Fsp3) is 0.316. The Balaban J connectivity index is 1.49. The number of nitrogens with one attached hydrogen (secondary N) is 1. The summed E-state index contributed by atoms with van der Waals surface area (Å²) >= 11 is 0. The van der Waals surface area contributed by atoms with E-state index in [4.69, 9.17) is 4.74 Å². The number of rotatable bonds is 5. The number of hydrogen-bond donors (Lipinski definition) is 2. The zero-order valence-corrected chi connectivity index (χ0v) is 13.5. The number of carboxylic acids is 1. The van der Waals surface area contributed by atoms with E-state index in [1.165, 1.54) is 6.20 Å². The zero-order chi connectivity index (χ0) is 17.4. The van der Waals surface area contributed by atoms with Crippen molar-refractivity contribution in [2.24, 2.45) is 17.8 Å². The van der Waals surface area contributed by atoms with E-state index >= 15 is 0 Å². The van der Waals surface area contributed by atoms with Crippen molar-refractivity contribution < 1.29 is 19.4 Å². The number of ether oxygens (including phenoxy) is 1. The molecule has 1 aromatic heterocycles. The second-order valence-electron chi connectivity index (χ2n) is 6.61. The summed E-state index contributed by atoms with van der Waals surface area (Å²) in [6, 6.07) is 10.7. The average Bonchev–Trinajstić information content (AvgIpc) is 3.33. The van der Waals surface area contributed by atoms with Gasteiger partial charge < -0.3 is 15.2 Å². The maximum absolute atomic E-state index is 12.7. The summed E-state index contributed by atoms with van der Waals surface area (Å²) in [5.41, 5.74) is 0.398. The van der Waals surface area contributed by atoms with E-state index in [9.17, 15) is 14.7 Å². The Hall–Kier alpha value is -2.89. The van der Waals surface area contributed by atoms with Crippen LogP contribution >= 0.6 is 0 Å². The van der Waals surface area contributed by atoms with Crippen molar-refractivity contribution in [1.82, 2.24) is 10.3 Å². The van der Waals surface area contributed by atoms with Gasteiger partial charge in [-0.2, -0.15) is 0 Å². The van der Waals surface area contributed by atoms with Crippen molar-refractivity contribution in [2.45, 2.75) is 18.9 Å². The lowest BCUT2D eigenvalue weighted by atomic mass is 10.0. The smallest absolute Gasteiger partial charge is 0.306 e. The van der Waals surface area contributed by atoms with E-state index in [0.29, 0.717) is 23.5 Å². The van der Waals surface area contributed by atoms with Crippen LogP contribution in [0.1, 0.15) is 23.2 Å². The predicted molar refractivity (Wildman–Crippen MR) is 89.3 cm³/mol. The van der Waals surface area contributed by atoms with Gasteiger partial charge in [0.1, 0.15) is 5.75 Å². The molecule has 0 aliphatic heterocycles. The number of fused-ring (bicyclic) bond motifs is 1. The van der Waals surface area contributed by atoms with Crippen molar-refractivity contribution in [2.75, 3.05) is 0 Å². The molecule has 6 nitrogen and oxygen atoms in total. The summed E-state index contributed by atoms with van der Waals surface area (Å²) in [5, 5.41) is 12.2. The highest BCUT2D eigenvalue weighted by Gasteiger charge is 2.57. The first-order valence-electron chi connectivity index (χ1n) is 8.34. The van der Waals surface area contributed by atoms with E-state index in [-0.39, 0.29) is 29.7 Å². The Morgan fingerprint density at radius 1 is 1.12 bits per heavy atom. The molecule has 0 unspecified atom stereocenters. The van der Waals surface area contributed by atoms with Crippen molar-refractivity contribution in [3.8, 4) is 11.5 Å². The standard InChI is InChI=1S/C19H18N2O4/c22-18(21-16-9-15(19(23)24)13-8-14(13)16)12-6-7-20-10-17(12)25-11-4-2-1-3-5-11/h1-7,10,13-16H,8-9H2,(H,21,22)(H,23,24)/t13-,14+,15-,16+/m1/s1. The molecule has 1 aromatic carbocycles. The Morgan fingerprint density at radius 2 is 1.92 bits per heavy atom. The van der Waals surface area contributed by atoms with E-state index in [1.54, 1.807) is 24.4 Å². The van der Waals surface area contributed by atoms with Gasteiger partial charge in [-0.15, -0.1) is 0 Å². The molecule has 0 radical (unpaired) electrons. The van der Waals surface area contributed by atoms with Crippen LogP contribution in [-0.2, 0) is 4.79 Å². The fourth-order valence-corrected chi connectivity index (χ4v) is 3.74. The summed E-state index contributed by atoms with van der Waals surface area (Å²) in [6.07, 6.45) is 4.43. The van der Waals surface area contributed by atoms with Crippen molar-refractivity contribution in [3.05, 3.63) is 54.4 Å². The highest BCUT2D eigenvalue weighted by atomic mass is 16.5. The van der Waals surface area contributed by atoms with E-state index in [0.717, 1.165) is 6.42 Å². The summed E-state index contributed by atoms with van der Waals surface area (Å²) in [7, 11) is 0. The molecule has 0 spiro atoms. The quantitative estimate of drug-likeness (QED) is 0.875. The topological polar surface area (TPSA) is 88.5 Å². The highest BCUT2D eigenvalue weighted by Crippen LogP contribution is 2.55. The van der Waals surface area contributed by atoms with Crippen LogP contribution in [0.15, 0.2) is 48.8 Å². The summed E-state index contributed by atoms with van der Waals surface area (Å²) < 4.78 is 5.77. The number of para-hydroxylation sites is 1. The highest BCUT2D eigenvalue weighted by molar-refractivity contribution is 5.97. The SMILES string of the molecule is O=C(N[C@H]1C[C@@H](C(=O)O)[C@@H]2C[C@@H]21)c1ccncc1Oc1ccccc1. The van der Waals surface area contributed by atoms with Crippen LogP contribution in [0, 0.1) is 17.8 Å². The van der Waals surface area contributed by atoms with Gasteiger partial charge in [-0.05, 0) is 42.9 Å². The van der Waals surface area contributed by atoms with E-state index in [1.807, 2.05) is 18.2 Å². The molecule has 0 bridgehead atoms. The van der Waals surface area contributed by atoms with Crippen molar-refractivity contribution >= 4 is 11.9 Å². The van der Waals surface area contributed by atoms with Crippen LogP contribution in [0.25, 0.3) is 0 Å². The lowest BCUT2D eigenvalue weighted by Crippen LogP contribution is -2.36. The van der Waals surface area contributed by atoms with E-state index < -0.39 is 5.97 Å². The third kappa shape index (κ3) is 3.07. The van der Waals surface area contributed by atoms with Gasteiger partial charge in [-0.3, -0.25) is 14.6 Å². The number of carbonyl (C=O) groups is 2. The summed E-state index contributed by atoms with van der Waals surface area (Å²) in [4.78, 5) is 28.0. The van der Waals surface area contributed by atoms with Gasteiger partial charge >= 0.3 is 5.97 Å². The second-order valence-corrected chi connectivity index (χ2v) is 6.61. The number of aliphatic carboxylic acids is 1. The Morgan fingerprint density at radius 3 is 2.64 bits per heavy atom. The third-order valence-electron chi connectivity index (χ3n) is 5.07. The number of amides is 1. The minimum Gasteiger partial charge on any atom is -0.481 e. The second kappa shape index (κ2) is 6.20. The fourth-order valence-electron chi connectivity index (χ4n) is 3.74. The molecule has 25 heavy (non-hydrogen) atoms. The monoisotopic (exact) mass is 338 g/mol. The van der Waals surface area contributed by atoms with E-state index in [2.05, 4.69) is 10.3 Å². The Labute approximate surface area is 144 Å². The summed E-state index contributed by atoms with van der Waals surface area (Å²) in [6.45, 7) is 0. The van der Waals surface area contributed by atoms with Gasteiger partial charge in [0.25, 0.3) is 5.91 Å². The first kappa shape index (κ1) is 15.6. The van der Waals surface area contributed by atoms with Crippen molar-refractivity contribution in [3.63, 3.8) is 0 Å². The number of nitrogens with zero attached hydrogens (tertiary/aromatic N) is 1. The van der Waals surface area contributed by atoms with Gasteiger partial charge in [-0.25, -0.2) is 0 Å². The number of carbonyl (C=O) groups excluding carboxylic acids is 1. The molecule has 0 saturated heterocycles. The molecule has 1 heterocycles. The molecule has 2 aliphatic carbocycles. The molecule has 2 N–H and O–H groups in total. The maximum atomic E-state index is 12.7. The molecular formula is C19H18N2O4. The largest absolute Gasteiger partial charge is 0.481 e. The van der Waals surface area contributed by atoms with Crippen LogP contribution in [0.5, 0.6) is 11.5 Å². The molecule has 4 rings (SSSR count). The number of aromatic nitrogens is 1. The third-order valence-corrected chi connectivity index (χ3v) is 5.07. The molecule has 2 saturated carbocycles. The molecule has 2 fully saturated rings. The number of pyridine rings is 1. The molecule has 6 heteroatoms. The first-order chi connectivity index (χ1) is 12.1. The summed E-state index contributed by atoms with van der Waals surface area (Å²) in [5.74, 6) is 0.139. The Kier molecular flexibility index (Phi) is 3.87.